The molecule has 24 heavy (non-hydrogen) atoms. The summed E-state index contributed by atoms with van der Waals surface area (Å²) < 4.78 is 0. The Morgan fingerprint density at radius 3 is 2.75 bits per heavy atom. The van der Waals surface area contributed by atoms with E-state index in [0.717, 1.165) is 30.8 Å². The normalized spacial score (nSPS) is 26.7. The molecule has 7 heteroatoms. The van der Waals surface area contributed by atoms with Crippen molar-refractivity contribution < 1.29 is 0 Å². The van der Waals surface area contributed by atoms with Crippen molar-refractivity contribution in [3.05, 3.63) is 0 Å². The molecule has 0 radical (unpaired) electrons. The van der Waals surface area contributed by atoms with E-state index in [1.165, 1.54) is 51.9 Å². The first-order valence-corrected chi connectivity index (χ1v) is 10.5. The van der Waals surface area contributed by atoms with Crippen molar-refractivity contribution in [2.45, 2.75) is 43.9 Å². The molecule has 5 nitrogen and oxygen atoms in total. The first-order valence-electron chi connectivity index (χ1n) is 9.19. The molecule has 2 unspecified atom stereocenters. The summed E-state index contributed by atoms with van der Waals surface area (Å²) in [5, 5.41) is 7.87. The fraction of sp³-hybridized carbons (Fsp3) is 0.941. The van der Waals surface area contributed by atoms with Gasteiger partial charge >= 0.3 is 0 Å². The van der Waals surface area contributed by atoms with E-state index in [4.69, 9.17) is 4.99 Å². The Kier molecular flexibility index (Phi) is 11.7. The van der Waals surface area contributed by atoms with Crippen LogP contribution < -0.4 is 10.6 Å². The van der Waals surface area contributed by atoms with Crippen molar-refractivity contribution in [1.29, 1.82) is 0 Å². The number of nitrogens with zero attached hydrogens (tertiary/aromatic N) is 3. The maximum atomic E-state index is 4.80. The van der Waals surface area contributed by atoms with Gasteiger partial charge < -0.3 is 20.4 Å². The zero-order valence-corrected chi connectivity index (χ0v) is 18.7. The lowest BCUT2D eigenvalue weighted by molar-refractivity contribution is 0.283. The summed E-state index contributed by atoms with van der Waals surface area (Å²) in [5.41, 5.74) is 0. The van der Waals surface area contributed by atoms with Gasteiger partial charge in [0.05, 0.1) is 6.54 Å². The molecule has 1 saturated carbocycles. The number of guanidine groups is 1. The van der Waals surface area contributed by atoms with Crippen molar-refractivity contribution in [2.24, 2.45) is 4.99 Å². The van der Waals surface area contributed by atoms with Crippen molar-refractivity contribution >= 4 is 41.7 Å². The smallest absolute Gasteiger partial charge is 0.191 e. The molecule has 2 aliphatic rings. The lowest BCUT2D eigenvalue weighted by Crippen LogP contribution is -2.43. The fourth-order valence-corrected chi connectivity index (χ4v) is 4.22. The van der Waals surface area contributed by atoms with Gasteiger partial charge in [-0.05, 0) is 59.0 Å². The van der Waals surface area contributed by atoms with Gasteiger partial charge in [-0.3, -0.25) is 4.99 Å². The predicted molar refractivity (Wildman–Crippen MR) is 118 cm³/mol. The molecule has 142 valence electrons. The highest BCUT2D eigenvalue weighted by Gasteiger charge is 2.24. The summed E-state index contributed by atoms with van der Waals surface area (Å²) >= 11 is 2.00. The molecule has 0 bridgehead atoms. The van der Waals surface area contributed by atoms with E-state index < -0.39 is 0 Å². The second kappa shape index (κ2) is 12.6. The maximum Gasteiger partial charge on any atom is 0.191 e. The Balaban J connectivity index is 0.00000288. The highest BCUT2D eigenvalue weighted by Crippen LogP contribution is 2.27. The van der Waals surface area contributed by atoms with Gasteiger partial charge in [-0.1, -0.05) is 0 Å². The van der Waals surface area contributed by atoms with Gasteiger partial charge in [-0.2, -0.15) is 11.8 Å². The Bertz CT molecular complexity index is 369. The quantitative estimate of drug-likeness (QED) is 0.354. The average Bonchev–Trinajstić information content (AvgIpc) is 2.89. The van der Waals surface area contributed by atoms with Crippen molar-refractivity contribution in [3.63, 3.8) is 0 Å². The van der Waals surface area contributed by atoms with Gasteiger partial charge in [0.25, 0.3) is 0 Å². The second-order valence-corrected chi connectivity index (χ2v) is 7.91. The molecule has 2 atom stereocenters. The van der Waals surface area contributed by atoms with Crippen LogP contribution in [0.3, 0.4) is 0 Å². The summed E-state index contributed by atoms with van der Waals surface area (Å²) in [6, 6.07) is 0.595. The van der Waals surface area contributed by atoms with Crippen LogP contribution in [0.25, 0.3) is 0 Å². The Morgan fingerprint density at radius 2 is 2.04 bits per heavy atom. The number of likely N-dealkylation sites (N-methyl/N-ethyl adjacent to an activating group) is 1. The second-order valence-electron chi connectivity index (χ2n) is 6.77. The zero-order chi connectivity index (χ0) is 16.5. The highest BCUT2D eigenvalue weighted by molar-refractivity contribution is 14.0. The van der Waals surface area contributed by atoms with E-state index in [0.29, 0.717) is 6.04 Å². The SMILES string of the molecule is CCNC(=NCCN1CCCN(C)CC1)NC1CCC(SC)C1.I. The summed E-state index contributed by atoms with van der Waals surface area (Å²) in [5.74, 6) is 1.01. The largest absolute Gasteiger partial charge is 0.357 e. The molecule has 0 aromatic carbocycles. The van der Waals surface area contributed by atoms with Crippen LogP contribution in [0, 0.1) is 0 Å². The summed E-state index contributed by atoms with van der Waals surface area (Å²) in [4.78, 5) is 9.78. The lowest BCUT2D eigenvalue weighted by Gasteiger charge is -2.20. The van der Waals surface area contributed by atoms with E-state index in [9.17, 15) is 0 Å². The van der Waals surface area contributed by atoms with E-state index >= 15 is 0 Å². The minimum atomic E-state index is 0. The molecule has 2 fully saturated rings. The molecular formula is C17H36IN5S. The van der Waals surface area contributed by atoms with E-state index in [-0.39, 0.29) is 24.0 Å². The van der Waals surface area contributed by atoms with E-state index in [1.807, 2.05) is 11.8 Å². The molecule has 1 aliphatic carbocycles. The van der Waals surface area contributed by atoms with Crippen LogP contribution in [0.1, 0.15) is 32.6 Å². The van der Waals surface area contributed by atoms with Crippen molar-refractivity contribution in [3.8, 4) is 0 Å². The van der Waals surface area contributed by atoms with Crippen LogP contribution in [0.15, 0.2) is 4.99 Å². The minimum absolute atomic E-state index is 0. The molecule has 2 N–H and O–H groups in total. The third-order valence-electron chi connectivity index (χ3n) is 4.90. The zero-order valence-electron chi connectivity index (χ0n) is 15.6. The molecule has 0 aromatic rings. The third kappa shape index (κ3) is 8.10. The van der Waals surface area contributed by atoms with Gasteiger partial charge in [0.15, 0.2) is 5.96 Å². The molecule has 1 heterocycles. The first-order chi connectivity index (χ1) is 11.2. The van der Waals surface area contributed by atoms with Crippen LogP contribution in [-0.4, -0.2) is 86.2 Å². The Labute approximate surface area is 169 Å². The standard InChI is InChI=1S/C17H35N5S.HI/c1-4-18-17(20-15-6-7-16(14-15)23-3)19-8-11-22-10-5-9-21(2)12-13-22;/h15-16H,4-14H2,1-3H3,(H2,18,19,20);1H. The topological polar surface area (TPSA) is 42.9 Å². The van der Waals surface area contributed by atoms with Crippen molar-refractivity contribution in [2.75, 3.05) is 59.1 Å². The minimum Gasteiger partial charge on any atom is -0.357 e. The summed E-state index contributed by atoms with van der Waals surface area (Å²) in [6.45, 7) is 9.82. The van der Waals surface area contributed by atoms with Gasteiger partial charge in [0.2, 0.25) is 0 Å². The monoisotopic (exact) mass is 469 g/mol. The molecule has 1 aliphatic heterocycles. The lowest BCUT2D eigenvalue weighted by atomic mass is 10.2. The van der Waals surface area contributed by atoms with Crippen LogP contribution in [-0.2, 0) is 0 Å². The van der Waals surface area contributed by atoms with Crippen LogP contribution in [0.4, 0.5) is 0 Å². The van der Waals surface area contributed by atoms with E-state index in [1.54, 1.807) is 0 Å². The number of thioether (sulfide) groups is 1. The van der Waals surface area contributed by atoms with Crippen LogP contribution in [0.5, 0.6) is 0 Å². The number of hydrogen-bond acceptors (Lipinski definition) is 4. The molecule has 1 saturated heterocycles. The Hall–Kier alpha value is 0.270. The number of nitrogens with one attached hydrogen (secondary N) is 2. The predicted octanol–water partition coefficient (Wildman–Crippen LogP) is 2.08. The Morgan fingerprint density at radius 1 is 1.21 bits per heavy atom. The summed E-state index contributed by atoms with van der Waals surface area (Å²) in [7, 11) is 2.22. The molecule has 0 amide bonds. The third-order valence-corrected chi connectivity index (χ3v) is 6.00. The number of aliphatic imine (C=N–C) groups is 1. The number of halogens is 1. The first kappa shape index (κ1) is 22.3. The van der Waals surface area contributed by atoms with Gasteiger partial charge in [0.1, 0.15) is 0 Å². The number of hydrogen-bond donors (Lipinski definition) is 2. The molecule has 2 rings (SSSR count). The molecule has 0 aromatic heterocycles. The van der Waals surface area contributed by atoms with Gasteiger partial charge in [-0.25, -0.2) is 0 Å². The van der Waals surface area contributed by atoms with Crippen LogP contribution in [0.2, 0.25) is 0 Å². The summed E-state index contributed by atoms with van der Waals surface area (Å²) in [6.07, 6.45) is 7.37. The maximum absolute atomic E-state index is 4.80. The average molecular weight is 469 g/mol. The molecule has 0 spiro atoms. The van der Waals surface area contributed by atoms with Crippen LogP contribution >= 0.6 is 35.7 Å². The van der Waals surface area contributed by atoms with Gasteiger partial charge in [-0.15, -0.1) is 24.0 Å². The molecular weight excluding hydrogens is 433 g/mol. The highest BCUT2D eigenvalue weighted by atomic mass is 127. The van der Waals surface area contributed by atoms with Gasteiger partial charge in [0, 0.05) is 37.5 Å². The fourth-order valence-electron chi connectivity index (χ4n) is 3.43. The van der Waals surface area contributed by atoms with E-state index in [2.05, 4.69) is 40.7 Å². The van der Waals surface area contributed by atoms with Crippen molar-refractivity contribution in [1.82, 2.24) is 20.4 Å². The number of rotatable bonds is 6.